The van der Waals surface area contributed by atoms with Crippen LogP contribution in [0.25, 0.3) is 0 Å². The van der Waals surface area contributed by atoms with E-state index in [9.17, 15) is 4.79 Å². The first-order valence-corrected chi connectivity index (χ1v) is 6.54. The molecule has 0 aromatic carbocycles. The third kappa shape index (κ3) is 2.65. The van der Waals surface area contributed by atoms with Crippen LogP contribution in [-0.2, 0) is 4.74 Å². The summed E-state index contributed by atoms with van der Waals surface area (Å²) in [5, 5.41) is 0.261. The number of aromatic nitrogens is 1. The van der Waals surface area contributed by atoms with Crippen LogP contribution < -0.4 is 0 Å². The predicted molar refractivity (Wildman–Crippen MR) is 69.8 cm³/mol. The molecule has 18 heavy (non-hydrogen) atoms. The van der Waals surface area contributed by atoms with Gasteiger partial charge >= 0.3 is 0 Å². The Morgan fingerprint density at radius 1 is 1.67 bits per heavy atom. The zero-order valence-electron chi connectivity index (χ0n) is 10.6. The molecule has 0 bridgehead atoms. The smallest absolute Gasteiger partial charge is 0.257 e. The highest BCUT2D eigenvalue weighted by Crippen LogP contribution is 2.20. The SMILES string of the molecule is CC[C@@H]1CO[C@@H](C)CN1C(=O)c1cccnc1Cl. The van der Waals surface area contributed by atoms with Crippen molar-refractivity contribution in [1.29, 1.82) is 0 Å². The molecule has 0 aliphatic carbocycles. The molecule has 1 aliphatic heterocycles. The average Bonchev–Trinajstić information content (AvgIpc) is 2.38. The molecule has 1 amide bonds. The molecule has 0 radical (unpaired) electrons. The van der Waals surface area contributed by atoms with Gasteiger partial charge in [-0.2, -0.15) is 0 Å². The van der Waals surface area contributed by atoms with E-state index in [-0.39, 0.29) is 23.2 Å². The molecule has 0 saturated carbocycles. The summed E-state index contributed by atoms with van der Waals surface area (Å²) in [5.41, 5.74) is 0.465. The monoisotopic (exact) mass is 268 g/mol. The van der Waals surface area contributed by atoms with E-state index in [4.69, 9.17) is 16.3 Å². The molecule has 1 aliphatic rings. The van der Waals surface area contributed by atoms with Crippen molar-refractivity contribution in [3.05, 3.63) is 29.0 Å². The van der Waals surface area contributed by atoms with Gasteiger partial charge < -0.3 is 9.64 Å². The van der Waals surface area contributed by atoms with Gasteiger partial charge in [0, 0.05) is 12.7 Å². The second-order valence-electron chi connectivity index (χ2n) is 4.51. The van der Waals surface area contributed by atoms with Gasteiger partial charge in [-0.1, -0.05) is 18.5 Å². The van der Waals surface area contributed by atoms with Crippen LogP contribution in [0, 0.1) is 0 Å². The van der Waals surface area contributed by atoms with Crippen LogP contribution in [0.2, 0.25) is 5.15 Å². The predicted octanol–water partition coefficient (Wildman–Crippen LogP) is 2.37. The molecule has 5 heteroatoms. The molecule has 2 heterocycles. The second kappa shape index (κ2) is 5.67. The maximum Gasteiger partial charge on any atom is 0.257 e. The van der Waals surface area contributed by atoms with Gasteiger partial charge in [-0.3, -0.25) is 4.79 Å². The third-order valence-electron chi connectivity index (χ3n) is 3.19. The largest absolute Gasteiger partial charge is 0.375 e. The Morgan fingerprint density at radius 3 is 3.11 bits per heavy atom. The van der Waals surface area contributed by atoms with Gasteiger partial charge in [0.05, 0.1) is 24.3 Å². The third-order valence-corrected chi connectivity index (χ3v) is 3.49. The molecule has 98 valence electrons. The zero-order valence-corrected chi connectivity index (χ0v) is 11.4. The molecule has 0 N–H and O–H groups in total. The molecule has 1 aromatic rings. The minimum atomic E-state index is -0.0601. The summed E-state index contributed by atoms with van der Waals surface area (Å²) in [6.45, 7) is 5.20. The quantitative estimate of drug-likeness (QED) is 0.774. The molecule has 1 saturated heterocycles. The number of morpholine rings is 1. The summed E-state index contributed by atoms with van der Waals surface area (Å²) in [5.74, 6) is -0.0601. The van der Waals surface area contributed by atoms with Crippen molar-refractivity contribution in [2.45, 2.75) is 32.4 Å². The summed E-state index contributed by atoms with van der Waals surface area (Å²) in [6.07, 6.45) is 2.52. The van der Waals surface area contributed by atoms with Gasteiger partial charge in [0.2, 0.25) is 0 Å². The van der Waals surface area contributed by atoms with Crippen molar-refractivity contribution >= 4 is 17.5 Å². The first-order valence-electron chi connectivity index (χ1n) is 6.16. The number of ether oxygens (including phenoxy) is 1. The van der Waals surface area contributed by atoms with Crippen LogP contribution >= 0.6 is 11.6 Å². The van der Waals surface area contributed by atoms with Crippen LogP contribution in [0.5, 0.6) is 0 Å². The number of carbonyl (C=O) groups excluding carboxylic acids is 1. The van der Waals surface area contributed by atoms with E-state index in [0.29, 0.717) is 18.7 Å². The van der Waals surface area contributed by atoms with Crippen LogP contribution in [-0.4, -0.2) is 41.1 Å². The number of nitrogens with zero attached hydrogens (tertiary/aromatic N) is 2. The van der Waals surface area contributed by atoms with E-state index in [1.165, 1.54) is 0 Å². The Bertz CT molecular complexity index is 439. The van der Waals surface area contributed by atoms with E-state index in [2.05, 4.69) is 11.9 Å². The number of carbonyl (C=O) groups is 1. The van der Waals surface area contributed by atoms with Crippen molar-refractivity contribution in [2.24, 2.45) is 0 Å². The summed E-state index contributed by atoms with van der Waals surface area (Å²) in [7, 11) is 0. The van der Waals surface area contributed by atoms with Crippen molar-refractivity contribution in [2.75, 3.05) is 13.2 Å². The van der Waals surface area contributed by atoms with E-state index in [1.807, 2.05) is 11.8 Å². The van der Waals surface area contributed by atoms with Gasteiger partial charge in [-0.05, 0) is 25.5 Å². The van der Waals surface area contributed by atoms with E-state index < -0.39 is 0 Å². The molecule has 1 fully saturated rings. The van der Waals surface area contributed by atoms with Crippen LogP contribution in [0.4, 0.5) is 0 Å². The normalized spacial score (nSPS) is 24.1. The first-order chi connectivity index (χ1) is 8.63. The van der Waals surface area contributed by atoms with Gasteiger partial charge in [0.15, 0.2) is 0 Å². The highest BCUT2D eigenvalue weighted by Gasteiger charge is 2.30. The number of rotatable bonds is 2. The van der Waals surface area contributed by atoms with Crippen LogP contribution in [0.3, 0.4) is 0 Å². The maximum absolute atomic E-state index is 12.5. The fourth-order valence-electron chi connectivity index (χ4n) is 2.13. The molecule has 1 aromatic heterocycles. The van der Waals surface area contributed by atoms with Crippen molar-refractivity contribution in [3.8, 4) is 0 Å². The number of pyridine rings is 1. The number of halogens is 1. The molecule has 4 nitrogen and oxygen atoms in total. The lowest BCUT2D eigenvalue weighted by Gasteiger charge is -2.38. The van der Waals surface area contributed by atoms with E-state index in [1.54, 1.807) is 18.3 Å². The Morgan fingerprint density at radius 2 is 2.44 bits per heavy atom. The standard InChI is InChI=1S/C13H17ClN2O2/c1-3-10-8-18-9(2)7-16(10)13(17)11-5-4-6-15-12(11)14/h4-6,9-10H,3,7-8H2,1-2H3/t9-,10+/m0/s1. The van der Waals surface area contributed by atoms with Crippen molar-refractivity contribution in [3.63, 3.8) is 0 Å². The van der Waals surface area contributed by atoms with Gasteiger partial charge in [0.1, 0.15) is 5.15 Å². The second-order valence-corrected chi connectivity index (χ2v) is 4.86. The Hall–Kier alpha value is -1.13. The molecular formula is C13H17ClN2O2. The summed E-state index contributed by atoms with van der Waals surface area (Å²) >= 11 is 5.98. The lowest BCUT2D eigenvalue weighted by Crippen LogP contribution is -2.51. The zero-order chi connectivity index (χ0) is 13.1. The minimum Gasteiger partial charge on any atom is -0.375 e. The fourth-order valence-corrected chi connectivity index (χ4v) is 2.33. The van der Waals surface area contributed by atoms with Crippen molar-refractivity contribution < 1.29 is 9.53 Å². The average molecular weight is 269 g/mol. The Kier molecular flexibility index (Phi) is 4.19. The summed E-state index contributed by atoms with van der Waals surface area (Å²) in [6, 6.07) is 3.55. The Labute approximate surface area is 112 Å². The van der Waals surface area contributed by atoms with Crippen LogP contribution in [0.1, 0.15) is 30.6 Å². The summed E-state index contributed by atoms with van der Waals surface area (Å²) in [4.78, 5) is 18.3. The minimum absolute atomic E-state index is 0.0601. The fraction of sp³-hybridized carbons (Fsp3) is 0.538. The van der Waals surface area contributed by atoms with Crippen LogP contribution in [0.15, 0.2) is 18.3 Å². The lowest BCUT2D eigenvalue weighted by atomic mass is 10.1. The molecular weight excluding hydrogens is 252 g/mol. The molecule has 2 rings (SSSR count). The van der Waals surface area contributed by atoms with E-state index in [0.717, 1.165) is 6.42 Å². The van der Waals surface area contributed by atoms with Crippen molar-refractivity contribution in [1.82, 2.24) is 9.88 Å². The highest BCUT2D eigenvalue weighted by atomic mass is 35.5. The molecule has 0 spiro atoms. The Balaban J connectivity index is 2.23. The van der Waals surface area contributed by atoms with Gasteiger partial charge in [0.25, 0.3) is 5.91 Å². The topological polar surface area (TPSA) is 42.4 Å². The number of hydrogen-bond donors (Lipinski definition) is 0. The van der Waals surface area contributed by atoms with Gasteiger partial charge in [-0.25, -0.2) is 4.98 Å². The lowest BCUT2D eigenvalue weighted by molar-refractivity contribution is -0.0444. The number of amides is 1. The molecule has 0 unspecified atom stereocenters. The van der Waals surface area contributed by atoms with Gasteiger partial charge in [-0.15, -0.1) is 0 Å². The number of hydrogen-bond acceptors (Lipinski definition) is 3. The van der Waals surface area contributed by atoms with E-state index >= 15 is 0 Å². The highest BCUT2D eigenvalue weighted by molar-refractivity contribution is 6.32. The maximum atomic E-state index is 12.5. The first kappa shape index (κ1) is 13.3. The molecule has 2 atom stereocenters. The summed E-state index contributed by atoms with van der Waals surface area (Å²) < 4.78 is 5.59.